The number of unbranched alkanes of at least 4 members (excludes halogenated alkanes) is 53. The number of likely N-dealkylation sites (N-methyl/N-ethyl adjacent to an activating group) is 1. The molecule has 0 rings (SSSR count). The van der Waals surface area contributed by atoms with Crippen molar-refractivity contribution in [3.8, 4) is 0 Å². The molecule has 0 saturated carbocycles. The van der Waals surface area contributed by atoms with E-state index in [9.17, 15) is 19.0 Å². The zero-order valence-electron chi connectivity index (χ0n) is 61.4. The third-order valence-corrected chi connectivity index (χ3v) is 19.1. The number of phosphoric ester groups is 1. The zero-order valence-corrected chi connectivity index (χ0v) is 62.3. The second-order valence-corrected chi connectivity index (χ2v) is 29.9. The SMILES string of the molecule is CC/C=C\C/C=C\C/C=C\C/C=C\CCCCCCCCCCCCCCCCCCCCC(=O)OC(COC(=O)CCCCCCCCCCCCCCCCCCCCCCCCCCCCCCCCCCCCCC)COP(=O)(O)OCC[N+](C)(C)C. The van der Waals surface area contributed by atoms with Crippen LogP contribution in [0.4, 0.5) is 0 Å². The van der Waals surface area contributed by atoms with Gasteiger partial charge in [0, 0.05) is 12.8 Å². The molecular formula is C81H155NO8P+. The van der Waals surface area contributed by atoms with E-state index in [-0.39, 0.29) is 25.6 Å². The van der Waals surface area contributed by atoms with E-state index >= 15 is 0 Å². The number of carbonyl (C=O) groups excluding carboxylic acids is 2. The summed E-state index contributed by atoms with van der Waals surface area (Å²) in [5.41, 5.74) is 0. The maximum Gasteiger partial charge on any atom is 0.472 e. The van der Waals surface area contributed by atoms with Gasteiger partial charge < -0.3 is 18.9 Å². The van der Waals surface area contributed by atoms with Crippen molar-refractivity contribution in [2.24, 2.45) is 0 Å². The molecule has 91 heavy (non-hydrogen) atoms. The first-order valence-electron chi connectivity index (χ1n) is 39.9. The number of esters is 2. The molecule has 0 amide bonds. The van der Waals surface area contributed by atoms with Gasteiger partial charge in [-0.25, -0.2) is 4.57 Å². The van der Waals surface area contributed by atoms with E-state index < -0.39 is 26.5 Å². The Labute approximate surface area is 566 Å². The number of hydrogen-bond donors (Lipinski definition) is 1. The van der Waals surface area contributed by atoms with Gasteiger partial charge in [-0.2, -0.15) is 0 Å². The summed E-state index contributed by atoms with van der Waals surface area (Å²) in [7, 11) is 1.50. The average molecular weight is 1300 g/mol. The van der Waals surface area contributed by atoms with Crippen LogP contribution in [0.25, 0.3) is 0 Å². The van der Waals surface area contributed by atoms with Crippen LogP contribution in [0, 0.1) is 0 Å². The smallest absolute Gasteiger partial charge is 0.462 e. The quantitative estimate of drug-likeness (QED) is 0.0211. The van der Waals surface area contributed by atoms with E-state index in [1.165, 1.54) is 315 Å². The number of rotatable bonds is 75. The fourth-order valence-electron chi connectivity index (χ4n) is 12.1. The first-order chi connectivity index (χ1) is 44.5. The maximum absolute atomic E-state index is 12.9. The Morgan fingerprint density at radius 3 is 0.934 bits per heavy atom. The van der Waals surface area contributed by atoms with Crippen LogP contribution in [0.2, 0.25) is 0 Å². The number of carbonyl (C=O) groups is 2. The van der Waals surface area contributed by atoms with E-state index in [4.69, 9.17) is 18.5 Å². The minimum absolute atomic E-state index is 0.0343. The Morgan fingerprint density at radius 2 is 0.626 bits per heavy atom. The molecule has 0 aromatic heterocycles. The van der Waals surface area contributed by atoms with E-state index in [0.29, 0.717) is 23.9 Å². The summed E-state index contributed by atoms with van der Waals surface area (Å²) in [6, 6.07) is 0. The highest BCUT2D eigenvalue weighted by molar-refractivity contribution is 7.47. The van der Waals surface area contributed by atoms with Gasteiger partial charge in [0.15, 0.2) is 6.10 Å². The van der Waals surface area contributed by atoms with Crippen molar-refractivity contribution < 1.29 is 42.1 Å². The second kappa shape index (κ2) is 72.2. The third kappa shape index (κ3) is 76.9. The average Bonchev–Trinajstić information content (AvgIpc) is 3.30. The van der Waals surface area contributed by atoms with Crippen molar-refractivity contribution in [3.63, 3.8) is 0 Å². The third-order valence-electron chi connectivity index (χ3n) is 18.1. The van der Waals surface area contributed by atoms with E-state index in [1.54, 1.807) is 0 Å². The van der Waals surface area contributed by atoms with Crippen molar-refractivity contribution in [3.05, 3.63) is 48.6 Å². The molecule has 536 valence electrons. The fourth-order valence-corrected chi connectivity index (χ4v) is 12.8. The molecule has 2 atom stereocenters. The van der Waals surface area contributed by atoms with Crippen molar-refractivity contribution in [2.75, 3.05) is 47.5 Å². The predicted octanol–water partition coefficient (Wildman–Crippen LogP) is 26.3. The van der Waals surface area contributed by atoms with Crippen LogP contribution in [-0.2, 0) is 32.7 Å². The number of quaternary nitrogens is 1. The molecule has 0 aliphatic rings. The minimum Gasteiger partial charge on any atom is -0.462 e. The summed E-state index contributed by atoms with van der Waals surface area (Å²) < 4.78 is 34.8. The summed E-state index contributed by atoms with van der Waals surface area (Å²) in [4.78, 5) is 36.0. The highest BCUT2D eigenvalue weighted by Crippen LogP contribution is 2.43. The Morgan fingerprint density at radius 1 is 0.352 bits per heavy atom. The number of phosphoric acid groups is 1. The Balaban J connectivity index is 3.90. The molecule has 10 heteroatoms. The molecule has 0 aromatic carbocycles. The number of hydrogen-bond acceptors (Lipinski definition) is 7. The van der Waals surface area contributed by atoms with Gasteiger partial charge in [0.2, 0.25) is 0 Å². The Hall–Kier alpha value is -2.03. The maximum atomic E-state index is 12.9. The monoisotopic (exact) mass is 1300 g/mol. The lowest BCUT2D eigenvalue weighted by Crippen LogP contribution is -2.37. The van der Waals surface area contributed by atoms with Crippen LogP contribution in [-0.4, -0.2) is 74.9 Å². The highest BCUT2D eigenvalue weighted by atomic mass is 31.2. The largest absolute Gasteiger partial charge is 0.472 e. The summed E-state index contributed by atoms with van der Waals surface area (Å²) in [6.07, 6.45) is 95.5. The van der Waals surface area contributed by atoms with E-state index in [0.717, 1.165) is 57.8 Å². The van der Waals surface area contributed by atoms with Crippen molar-refractivity contribution in [1.29, 1.82) is 0 Å². The fraction of sp³-hybridized carbons (Fsp3) is 0.877. The summed E-state index contributed by atoms with van der Waals surface area (Å²) in [6.45, 7) is 4.40. The molecule has 1 N–H and O–H groups in total. The predicted molar refractivity (Wildman–Crippen MR) is 395 cm³/mol. The highest BCUT2D eigenvalue weighted by Gasteiger charge is 2.27. The van der Waals surface area contributed by atoms with Crippen LogP contribution < -0.4 is 0 Å². The van der Waals surface area contributed by atoms with Gasteiger partial charge >= 0.3 is 19.8 Å². The van der Waals surface area contributed by atoms with Gasteiger partial charge in [-0.15, -0.1) is 0 Å². The van der Waals surface area contributed by atoms with E-state index in [2.05, 4.69) is 62.5 Å². The van der Waals surface area contributed by atoms with Crippen LogP contribution >= 0.6 is 7.82 Å². The molecule has 0 heterocycles. The van der Waals surface area contributed by atoms with Gasteiger partial charge in [-0.05, 0) is 51.4 Å². The van der Waals surface area contributed by atoms with Gasteiger partial charge in [0.05, 0.1) is 27.7 Å². The molecule has 0 aromatic rings. The Bertz CT molecular complexity index is 1670. The molecular weight excluding hydrogens is 1150 g/mol. The van der Waals surface area contributed by atoms with Crippen molar-refractivity contribution >= 4 is 19.8 Å². The van der Waals surface area contributed by atoms with Gasteiger partial charge in [0.25, 0.3) is 0 Å². The topological polar surface area (TPSA) is 108 Å². The molecule has 0 saturated heterocycles. The second-order valence-electron chi connectivity index (χ2n) is 28.4. The van der Waals surface area contributed by atoms with E-state index in [1.807, 2.05) is 21.1 Å². The van der Waals surface area contributed by atoms with Crippen LogP contribution in [0.5, 0.6) is 0 Å². The van der Waals surface area contributed by atoms with Crippen molar-refractivity contribution in [1.82, 2.24) is 0 Å². The first-order valence-corrected chi connectivity index (χ1v) is 41.4. The molecule has 0 aliphatic heterocycles. The lowest BCUT2D eigenvalue weighted by Gasteiger charge is -2.24. The molecule has 9 nitrogen and oxygen atoms in total. The molecule has 0 spiro atoms. The number of ether oxygens (including phenoxy) is 2. The van der Waals surface area contributed by atoms with Gasteiger partial charge in [-0.3, -0.25) is 18.6 Å². The first kappa shape index (κ1) is 89.0. The van der Waals surface area contributed by atoms with Crippen LogP contribution in [0.1, 0.15) is 406 Å². The normalized spacial score (nSPS) is 13.3. The summed E-state index contributed by atoms with van der Waals surface area (Å²) >= 11 is 0. The summed E-state index contributed by atoms with van der Waals surface area (Å²) in [5, 5.41) is 0. The molecule has 0 bridgehead atoms. The lowest BCUT2D eigenvalue weighted by molar-refractivity contribution is -0.870. The van der Waals surface area contributed by atoms with Crippen LogP contribution in [0.3, 0.4) is 0 Å². The Kier molecular flexibility index (Phi) is 70.6. The molecule has 0 fully saturated rings. The minimum atomic E-state index is -4.39. The number of allylic oxidation sites excluding steroid dienone is 8. The summed E-state index contributed by atoms with van der Waals surface area (Å²) in [5.74, 6) is -0.773. The molecule has 2 unspecified atom stereocenters. The van der Waals surface area contributed by atoms with Crippen LogP contribution in [0.15, 0.2) is 48.6 Å². The molecule has 0 radical (unpaired) electrons. The standard InChI is InChI=1S/C81H154NO8P/c1-6-8-10-12-14-16-18-20-22-24-26-28-30-32-34-36-38-39-40-41-42-44-45-47-49-51-53-55-57-59-61-63-65-67-69-71-73-80(83)87-77-79(78-89-91(85,86)88-76-75-82(3,4)5)90-81(84)74-72-70-68-66-64-62-60-58-56-54-52-50-48-46-43-37-35-33-31-29-27-25-23-21-19-17-15-13-11-9-7-2/h9,11,15,17,21,23,27,29,79H,6-8,10,12-14,16,18-20,22,24-26,28,30-78H2,1-5H3/p+1/b11-9-,17-15-,23-21-,29-27-. The lowest BCUT2D eigenvalue weighted by atomic mass is 10.0. The molecule has 0 aliphatic carbocycles. The van der Waals surface area contributed by atoms with Gasteiger partial charge in [-0.1, -0.05) is 390 Å². The van der Waals surface area contributed by atoms with Gasteiger partial charge in [0.1, 0.15) is 19.8 Å². The zero-order chi connectivity index (χ0) is 66.2. The van der Waals surface area contributed by atoms with Crippen molar-refractivity contribution in [2.45, 2.75) is 412 Å². The number of nitrogens with zero attached hydrogens (tertiary/aromatic N) is 1.